The largest absolute Gasteiger partial charge is 0.507 e. The molecule has 1 aliphatic heterocycles. The number of ether oxygens (including phenoxy) is 1. The number of carbonyl (C=O) groups excluding carboxylic acids is 1. The van der Waals surface area contributed by atoms with Gasteiger partial charge in [-0.3, -0.25) is 4.79 Å². The number of phenolic OH excluding ortho intramolecular Hbond substituents is 1. The first-order valence-corrected chi connectivity index (χ1v) is 6.10. The van der Waals surface area contributed by atoms with Crippen LogP contribution in [0.15, 0.2) is 18.2 Å². The monoisotopic (exact) mass is 273 g/mol. The maximum absolute atomic E-state index is 13.1. The van der Waals surface area contributed by atoms with Gasteiger partial charge in [0.1, 0.15) is 11.6 Å². The Balaban J connectivity index is 2.17. The molecule has 1 heterocycles. The Bertz CT molecular complexity index is 455. The lowest BCUT2D eigenvalue weighted by molar-refractivity contribution is -0.0109. The minimum Gasteiger partial charge on any atom is -0.507 e. The van der Waals surface area contributed by atoms with Gasteiger partial charge in [0.05, 0.1) is 24.2 Å². The summed E-state index contributed by atoms with van der Waals surface area (Å²) in [6.07, 6.45) is -0.222. The van der Waals surface area contributed by atoms with Crippen LogP contribution in [0.4, 0.5) is 4.39 Å². The van der Waals surface area contributed by atoms with Gasteiger partial charge in [0, 0.05) is 13.1 Å². The summed E-state index contributed by atoms with van der Waals surface area (Å²) >= 11 is 5.68. The number of aromatic hydroxyl groups is 1. The first-order valence-electron chi connectivity index (χ1n) is 5.57. The highest BCUT2D eigenvalue weighted by molar-refractivity contribution is 6.18. The third-order valence-electron chi connectivity index (χ3n) is 2.79. The van der Waals surface area contributed by atoms with Gasteiger partial charge in [-0.1, -0.05) is 0 Å². The molecule has 1 aliphatic rings. The second-order valence-corrected chi connectivity index (χ2v) is 4.37. The van der Waals surface area contributed by atoms with Crippen LogP contribution in [0.3, 0.4) is 0 Å². The van der Waals surface area contributed by atoms with Gasteiger partial charge in [-0.05, 0) is 18.2 Å². The van der Waals surface area contributed by atoms with Crippen LogP contribution in [0.25, 0.3) is 0 Å². The van der Waals surface area contributed by atoms with Gasteiger partial charge in [-0.25, -0.2) is 4.39 Å². The molecule has 0 bridgehead atoms. The highest BCUT2D eigenvalue weighted by atomic mass is 35.5. The standard InChI is InChI=1S/C12H13ClFNO3/c13-6-9-7-15(3-4-18-9)12(17)10-5-8(14)1-2-11(10)16/h1-2,5,9,16H,3-4,6-7H2. The summed E-state index contributed by atoms with van der Waals surface area (Å²) in [5, 5.41) is 9.59. The molecule has 6 heteroatoms. The predicted octanol–water partition coefficient (Wildman–Crippen LogP) is 1.61. The van der Waals surface area contributed by atoms with Crippen LogP contribution in [0.2, 0.25) is 0 Å². The number of benzene rings is 1. The molecule has 1 saturated heterocycles. The van der Waals surface area contributed by atoms with Crippen LogP contribution in [-0.2, 0) is 4.74 Å². The number of nitrogens with zero attached hydrogens (tertiary/aromatic N) is 1. The molecule has 1 N–H and O–H groups in total. The number of hydrogen-bond acceptors (Lipinski definition) is 3. The Hall–Kier alpha value is -1.33. The fraction of sp³-hybridized carbons (Fsp3) is 0.417. The molecule has 0 spiro atoms. The molecule has 0 aliphatic carbocycles. The van der Waals surface area contributed by atoms with E-state index in [1.54, 1.807) is 0 Å². The van der Waals surface area contributed by atoms with Crippen molar-refractivity contribution in [3.05, 3.63) is 29.6 Å². The van der Waals surface area contributed by atoms with E-state index in [0.29, 0.717) is 25.6 Å². The lowest BCUT2D eigenvalue weighted by Gasteiger charge is -2.32. The molecule has 0 saturated carbocycles. The predicted molar refractivity (Wildman–Crippen MR) is 64.4 cm³/mol. The average molecular weight is 274 g/mol. The molecule has 1 atom stereocenters. The summed E-state index contributed by atoms with van der Waals surface area (Å²) in [4.78, 5) is 13.6. The maximum atomic E-state index is 13.1. The molecule has 18 heavy (non-hydrogen) atoms. The van der Waals surface area contributed by atoms with Crippen molar-refractivity contribution in [1.29, 1.82) is 0 Å². The fourth-order valence-electron chi connectivity index (χ4n) is 1.85. The first kappa shape index (κ1) is 13.1. The van der Waals surface area contributed by atoms with E-state index in [1.165, 1.54) is 11.0 Å². The van der Waals surface area contributed by atoms with Crippen molar-refractivity contribution < 1.29 is 19.0 Å². The van der Waals surface area contributed by atoms with Crippen molar-refractivity contribution in [3.8, 4) is 5.75 Å². The summed E-state index contributed by atoms with van der Waals surface area (Å²) in [5.74, 6) is -0.905. The van der Waals surface area contributed by atoms with Gasteiger partial charge < -0.3 is 14.7 Å². The Labute approximate surface area is 109 Å². The molecule has 98 valence electrons. The van der Waals surface area contributed by atoms with Gasteiger partial charge in [0.25, 0.3) is 5.91 Å². The number of halogens is 2. The van der Waals surface area contributed by atoms with Crippen LogP contribution >= 0.6 is 11.6 Å². The van der Waals surface area contributed by atoms with Crippen molar-refractivity contribution >= 4 is 17.5 Å². The average Bonchev–Trinajstić information content (AvgIpc) is 2.41. The topological polar surface area (TPSA) is 49.8 Å². The van der Waals surface area contributed by atoms with Crippen LogP contribution in [-0.4, -0.2) is 47.6 Å². The van der Waals surface area contributed by atoms with Crippen LogP contribution in [0.5, 0.6) is 5.75 Å². The lowest BCUT2D eigenvalue weighted by atomic mass is 10.1. The Morgan fingerprint density at radius 2 is 2.39 bits per heavy atom. The number of morpholine rings is 1. The maximum Gasteiger partial charge on any atom is 0.257 e. The lowest BCUT2D eigenvalue weighted by Crippen LogP contribution is -2.46. The van der Waals surface area contributed by atoms with E-state index in [4.69, 9.17) is 16.3 Å². The van der Waals surface area contributed by atoms with Crippen molar-refractivity contribution in [3.63, 3.8) is 0 Å². The molecular weight excluding hydrogens is 261 g/mol. The Morgan fingerprint density at radius 3 is 3.11 bits per heavy atom. The molecule has 0 aromatic heterocycles. The summed E-state index contributed by atoms with van der Waals surface area (Å²) in [5.41, 5.74) is -0.0368. The minimum absolute atomic E-state index is 0.0368. The second kappa shape index (κ2) is 5.54. The van der Waals surface area contributed by atoms with Crippen molar-refractivity contribution in [1.82, 2.24) is 4.90 Å². The van der Waals surface area contributed by atoms with E-state index < -0.39 is 11.7 Å². The molecule has 2 rings (SSSR count). The number of alkyl halides is 1. The van der Waals surface area contributed by atoms with Crippen LogP contribution < -0.4 is 0 Å². The Morgan fingerprint density at radius 1 is 1.61 bits per heavy atom. The van der Waals surface area contributed by atoms with Gasteiger partial charge in [0.2, 0.25) is 0 Å². The number of hydrogen-bond donors (Lipinski definition) is 1. The molecule has 4 nitrogen and oxygen atoms in total. The van der Waals surface area contributed by atoms with E-state index >= 15 is 0 Å². The molecular formula is C12H13ClFNO3. The summed E-state index contributed by atoms with van der Waals surface area (Å²) < 4.78 is 18.4. The highest BCUT2D eigenvalue weighted by Gasteiger charge is 2.26. The zero-order valence-corrected chi connectivity index (χ0v) is 10.4. The normalized spacial score (nSPS) is 19.9. The molecule has 1 aromatic carbocycles. The van der Waals surface area contributed by atoms with Gasteiger partial charge in [0.15, 0.2) is 0 Å². The zero-order chi connectivity index (χ0) is 13.1. The van der Waals surface area contributed by atoms with Gasteiger partial charge in [-0.2, -0.15) is 0 Å². The third-order valence-corrected chi connectivity index (χ3v) is 3.13. The number of phenols is 1. The number of amides is 1. The van der Waals surface area contributed by atoms with Crippen molar-refractivity contribution in [2.45, 2.75) is 6.10 Å². The summed E-state index contributed by atoms with van der Waals surface area (Å²) in [6.45, 7) is 1.14. The van der Waals surface area contributed by atoms with Crippen molar-refractivity contribution in [2.24, 2.45) is 0 Å². The zero-order valence-electron chi connectivity index (χ0n) is 9.60. The van der Waals surface area contributed by atoms with E-state index in [-0.39, 0.29) is 17.4 Å². The van der Waals surface area contributed by atoms with Crippen LogP contribution in [0.1, 0.15) is 10.4 Å². The van der Waals surface area contributed by atoms with Crippen molar-refractivity contribution in [2.75, 3.05) is 25.6 Å². The number of rotatable bonds is 2. The van der Waals surface area contributed by atoms with Gasteiger partial charge >= 0.3 is 0 Å². The summed E-state index contributed by atoms with van der Waals surface area (Å²) in [7, 11) is 0. The molecule has 1 unspecified atom stereocenters. The SMILES string of the molecule is O=C(c1cc(F)ccc1O)N1CCOC(CCl)C1. The molecule has 0 radical (unpaired) electrons. The molecule has 1 aromatic rings. The summed E-state index contributed by atoms with van der Waals surface area (Å²) in [6, 6.07) is 3.30. The van der Waals surface area contributed by atoms with Crippen LogP contribution in [0, 0.1) is 5.82 Å². The van der Waals surface area contributed by atoms with E-state index in [1.807, 2.05) is 0 Å². The smallest absolute Gasteiger partial charge is 0.257 e. The highest BCUT2D eigenvalue weighted by Crippen LogP contribution is 2.21. The minimum atomic E-state index is -0.557. The van der Waals surface area contributed by atoms with E-state index in [9.17, 15) is 14.3 Å². The Kier molecular flexibility index (Phi) is 4.04. The fourth-order valence-corrected chi connectivity index (χ4v) is 2.03. The van der Waals surface area contributed by atoms with E-state index in [2.05, 4.69) is 0 Å². The van der Waals surface area contributed by atoms with Gasteiger partial charge in [-0.15, -0.1) is 11.6 Å². The first-order chi connectivity index (χ1) is 8.61. The quantitative estimate of drug-likeness (QED) is 0.833. The van der Waals surface area contributed by atoms with E-state index in [0.717, 1.165) is 12.1 Å². The number of carbonyl (C=O) groups is 1. The third kappa shape index (κ3) is 2.73. The molecule has 1 fully saturated rings. The molecule has 1 amide bonds. The second-order valence-electron chi connectivity index (χ2n) is 4.06.